The van der Waals surface area contributed by atoms with Crippen LogP contribution in [-0.2, 0) is 16.6 Å². The summed E-state index contributed by atoms with van der Waals surface area (Å²) in [5.74, 6) is -1.38. The number of nitrogens with one attached hydrogen (secondary N) is 3. The van der Waals surface area contributed by atoms with E-state index in [4.69, 9.17) is 16.3 Å². The fourth-order valence-corrected chi connectivity index (χ4v) is 5.59. The summed E-state index contributed by atoms with van der Waals surface area (Å²) in [6.45, 7) is 0.372. The number of benzene rings is 2. The summed E-state index contributed by atoms with van der Waals surface area (Å²) in [5.41, 5.74) is 0.238. The molecule has 0 spiro atoms. The lowest BCUT2D eigenvalue weighted by molar-refractivity contribution is 0.0940. The number of H-pyrrole nitrogens is 1. The second-order valence-corrected chi connectivity index (χ2v) is 11.5. The van der Waals surface area contributed by atoms with E-state index in [1.165, 1.54) is 6.07 Å². The summed E-state index contributed by atoms with van der Waals surface area (Å²) in [7, 11) is -3.23. The zero-order valence-corrected chi connectivity index (χ0v) is 21.8. The number of aromatic nitrogens is 2. The first kappa shape index (κ1) is 27.0. The number of hydrogen-bond acceptors (Lipinski definition) is 6. The molecule has 0 atom stereocenters. The number of amides is 1. The lowest BCUT2D eigenvalue weighted by Crippen LogP contribution is -2.37. The van der Waals surface area contributed by atoms with Crippen molar-refractivity contribution in [2.24, 2.45) is 5.92 Å². The molecule has 1 saturated carbocycles. The number of nitrogens with zero attached hydrogens (tertiary/aromatic N) is 1. The molecule has 0 unspecified atom stereocenters. The number of carbonyl (C=O) groups is 1. The summed E-state index contributed by atoms with van der Waals surface area (Å²) >= 11 is 5.96. The van der Waals surface area contributed by atoms with Crippen LogP contribution in [0.2, 0.25) is 5.02 Å². The van der Waals surface area contributed by atoms with E-state index in [1.54, 1.807) is 24.3 Å². The van der Waals surface area contributed by atoms with E-state index in [-0.39, 0.29) is 41.7 Å². The van der Waals surface area contributed by atoms with Crippen molar-refractivity contribution in [1.82, 2.24) is 20.0 Å². The molecule has 1 fully saturated rings. The van der Waals surface area contributed by atoms with Crippen LogP contribution in [0.15, 0.2) is 41.2 Å². The third kappa shape index (κ3) is 7.27. The highest BCUT2D eigenvalue weighted by Crippen LogP contribution is 2.29. The number of sulfonamides is 1. The van der Waals surface area contributed by atoms with Gasteiger partial charge in [-0.2, -0.15) is 0 Å². The van der Waals surface area contributed by atoms with Crippen LogP contribution >= 0.6 is 11.6 Å². The van der Waals surface area contributed by atoms with E-state index in [2.05, 4.69) is 20.0 Å². The van der Waals surface area contributed by atoms with Gasteiger partial charge in [0.1, 0.15) is 5.39 Å². The van der Waals surface area contributed by atoms with E-state index >= 15 is 0 Å². The van der Waals surface area contributed by atoms with Crippen LogP contribution in [0.5, 0.6) is 5.75 Å². The third-order valence-corrected chi connectivity index (χ3v) is 7.33. The Morgan fingerprint density at radius 2 is 1.97 bits per heavy atom. The minimum Gasteiger partial charge on any atom is -0.490 e. The second-order valence-electron chi connectivity index (χ2n) is 9.24. The average Bonchev–Trinajstić information content (AvgIpc) is 2.84. The summed E-state index contributed by atoms with van der Waals surface area (Å²) in [5, 5.41) is 3.15. The molecule has 12 heteroatoms. The molecule has 0 saturated heterocycles. The van der Waals surface area contributed by atoms with Gasteiger partial charge in [-0.25, -0.2) is 22.5 Å². The monoisotopic (exact) mass is 550 g/mol. The van der Waals surface area contributed by atoms with Gasteiger partial charge >= 0.3 is 0 Å². The van der Waals surface area contributed by atoms with Gasteiger partial charge in [0.25, 0.3) is 11.5 Å². The van der Waals surface area contributed by atoms with Crippen molar-refractivity contribution in [2.75, 3.05) is 12.9 Å². The maximum absolute atomic E-state index is 14.6. The Morgan fingerprint density at radius 3 is 2.68 bits per heavy atom. The van der Waals surface area contributed by atoms with E-state index in [1.807, 2.05) is 0 Å². The van der Waals surface area contributed by atoms with Gasteiger partial charge in [-0.05, 0) is 67.9 Å². The number of rotatable bonds is 9. The van der Waals surface area contributed by atoms with Gasteiger partial charge in [-0.1, -0.05) is 23.7 Å². The highest BCUT2D eigenvalue weighted by Gasteiger charge is 2.24. The second kappa shape index (κ2) is 11.6. The molecule has 4 rings (SSSR count). The molecule has 1 aromatic heterocycles. The molecule has 2 aromatic carbocycles. The van der Waals surface area contributed by atoms with Crippen molar-refractivity contribution < 1.29 is 22.3 Å². The van der Waals surface area contributed by atoms with Gasteiger partial charge in [-0.3, -0.25) is 9.59 Å². The summed E-state index contributed by atoms with van der Waals surface area (Å²) in [4.78, 5) is 32.0. The molecule has 198 valence electrons. The van der Waals surface area contributed by atoms with E-state index in [0.29, 0.717) is 17.4 Å². The molecule has 0 aliphatic heterocycles. The fraction of sp³-hybridized carbons (Fsp3) is 0.400. The minimum atomic E-state index is -3.23. The van der Waals surface area contributed by atoms with Crippen LogP contribution in [-0.4, -0.2) is 43.2 Å². The Hall–Kier alpha value is -3.02. The van der Waals surface area contributed by atoms with Crippen LogP contribution in [0, 0.1) is 11.7 Å². The maximum Gasteiger partial charge on any atom is 0.287 e. The molecule has 9 nitrogen and oxygen atoms in total. The largest absolute Gasteiger partial charge is 0.490 e. The summed E-state index contributed by atoms with van der Waals surface area (Å²) in [6, 6.07) is 9.41. The first-order valence-corrected chi connectivity index (χ1v) is 14.2. The Kier molecular flexibility index (Phi) is 8.46. The Bertz CT molecular complexity index is 1460. The SMILES string of the molecule is CS(=O)(=O)NC1CCC(CCOc2c(F)ccc3nc(C(=O)NCc4cccc(Cl)c4)[nH]c(=O)c23)CC1. The van der Waals surface area contributed by atoms with Gasteiger partial charge in [0.2, 0.25) is 10.0 Å². The van der Waals surface area contributed by atoms with Crippen molar-refractivity contribution in [2.45, 2.75) is 44.7 Å². The van der Waals surface area contributed by atoms with E-state index in [9.17, 15) is 22.4 Å². The molecule has 3 N–H and O–H groups in total. The average molecular weight is 551 g/mol. The zero-order valence-electron chi connectivity index (χ0n) is 20.2. The standard InChI is InChI=1S/C25H28ClFN4O5S/c1-37(34,35)31-18-7-5-15(6-8-18)11-12-36-22-19(27)9-10-20-21(22)24(32)30-23(29-20)25(33)28-14-16-3-2-4-17(26)13-16/h2-4,9-10,13,15,18,31H,5-8,11-12,14H2,1H3,(H,28,33)(H,29,30,32). The van der Waals surface area contributed by atoms with Crippen LogP contribution in [0.4, 0.5) is 4.39 Å². The highest BCUT2D eigenvalue weighted by molar-refractivity contribution is 7.88. The Labute approximate surface area is 218 Å². The molecule has 1 heterocycles. The molecule has 1 aliphatic carbocycles. The Balaban J connectivity index is 1.40. The maximum atomic E-state index is 14.6. The first-order valence-electron chi connectivity index (χ1n) is 11.9. The van der Waals surface area contributed by atoms with Gasteiger partial charge in [0, 0.05) is 17.6 Å². The highest BCUT2D eigenvalue weighted by atomic mass is 35.5. The molecule has 1 aliphatic rings. The molecule has 37 heavy (non-hydrogen) atoms. The Morgan fingerprint density at radius 1 is 1.22 bits per heavy atom. The predicted octanol–water partition coefficient (Wildman–Crippen LogP) is 3.52. The van der Waals surface area contributed by atoms with Crippen LogP contribution < -0.4 is 20.3 Å². The smallest absolute Gasteiger partial charge is 0.287 e. The topological polar surface area (TPSA) is 130 Å². The fourth-order valence-electron chi connectivity index (χ4n) is 4.54. The number of aromatic amines is 1. The van der Waals surface area contributed by atoms with Crippen LogP contribution in [0.3, 0.4) is 0 Å². The van der Waals surface area contributed by atoms with Crippen molar-refractivity contribution in [3.8, 4) is 5.75 Å². The molecule has 0 radical (unpaired) electrons. The van der Waals surface area contributed by atoms with Crippen LogP contribution in [0.1, 0.15) is 48.3 Å². The molecular formula is C25H28ClFN4O5S. The normalized spacial score (nSPS) is 18.0. The van der Waals surface area contributed by atoms with Crippen LogP contribution in [0.25, 0.3) is 10.9 Å². The van der Waals surface area contributed by atoms with Crippen molar-refractivity contribution in [3.63, 3.8) is 0 Å². The molecule has 3 aromatic rings. The van der Waals surface area contributed by atoms with Gasteiger partial charge in [0.15, 0.2) is 17.4 Å². The number of halogens is 2. The van der Waals surface area contributed by atoms with Crippen molar-refractivity contribution >= 4 is 38.4 Å². The zero-order chi connectivity index (χ0) is 26.6. The van der Waals surface area contributed by atoms with E-state index in [0.717, 1.165) is 43.6 Å². The number of fused-ring (bicyclic) bond motifs is 1. The summed E-state index contributed by atoms with van der Waals surface area (Å²) < 4.78 is 45.8. The van der Waals surface area contributed by atoms with E-state index < -0.39 is 27.3 Å². The van der Waals surface area contributed by atoms with Gasteiger partial charge in [-0.15, -0.1) is 0 Å². The summed E-state index contributed by atoms with van der Waals surface area (Å²) in [6.07, 6.45) is 4.89. The number of carbonyl (C=O) groups excluding carboxylic acids is 1. The van der Waals surface area contributed by atoms with Crippen molar-refractivity contribution in [1.29, 1.82) is 0 Å². The number of ether oxygens (including phenoxy) is 1. The number of hydrogen-bond donors (Lipinski definition) is 3. The lowest BCUT2D eigenvalue weighted by Gasteiger charge is -2.28. The molecular weight excluding hydrogens is 523 g/mol. The van der Waals surface area contributed by atoms with Gasteiger partial charge in [0.05, 0.1) is 18.4 Å². The lowest BCUT2D eigenvalue weighted by atomic mass is 9.85. The first-order chi connectivity index (χ1) is 17.6. The minimum absolute atomic E-state index is 0.0625. The van der Waals surface area contributed by atoms with Gasteiger partial charge < -0.3 is 15.0 Å². The quantitative estimate of drug-likeness (QED) is 0.374. The molecule has 0 bridgehead atoms. The predicted molar refractivity (Wildman–Crippen MR) is 139 cm³/mol. The molecule has 1 amide bonds. The third-order valence-electron chi connectivity index (χ3n) is 6.34. The van der Waals surface area contributed by atoms with Crippen molar-refractivity contribution in [3.05, 3.63) is 69.0 Å².